The van der Waals surface area contributed by atoms with Gasteiger partial charge in [-0.25, -0.2) is 0 Å². The van der Waals surface area contributed by atoms with E-state index in [2.05, 4.69) is 12.2 Å². The Morgan fingerprint density at radius 2 is 2.44 bits per heavy atom. The van der Waals surface area contributed by atoms with Crippen LogP contribution in [0.3, 0.4) is 0 Å². The van der Waals surface area contributed by atoms with E-state index in [-0.39, 0.29) is 0 Å². The van der Waals surface area contributed by atoms with Crippen LogP contribution >= 0.6 is 12.2 Å². The Labute approximate surface area is 60.1 Å². The van der Waals surface area contributed by atoms with Crippen molar-refractivity contribution in [2.24, 2.45) is 5.73 Å². The molecule has 0 unspecified atom stereocenters. The van der Waals surface area contributed by atoms with Crippen molar-refractivity contribution in [1.82, 2.24) is 4.90 Å². The van der Waals surface area contributed by atoms with Gasteiger partial charge in [0.2, 0.25) is 0 Å². The summed E-state index contributed by atoms with van der Waals surface area (Å²) in [7, 11) is 1.76. The van der Waals surface area contributed by atoms with Gasteiger partial charge in [-0.3, -0.25) is 0 Å². The number of thiocarbonyl (C=S) groups is 1. The molecule has 2 N–H and O–H groups in total. The second-order valence-electron chi connectivity index (χ2n) is 1.67. The second kappa shape index (κ2) is 4.10. The van der Waals surface area contributed by atoms with Crippen LogP contribution in [0.4, 0.5) is 0 Å². The average Bonchev–Trinajstić information content (AvgIpc) is 1.82. The van der Waals surface area contributed by atoms with Gasteiger partial charge in [0, 0.05) is 13.6 Å². The van der Waals surface area contributed by atoms with Crippen LogP contribution in [0.2, 0.25) is 0 Å². The van der Waals surface area contributed by atoms with Crippen molar-refractivity contribution in [2.75, 3.05) is 13.6 Å². The highest BCUT2D eigenvalue weighted by Gasteiger charge is 1.95. The Morgan fingerprint density at radius 1 is 1.89 bits per heavy atom. The first-order valence-electron chi connectivity index (χ1n) is 2.56. The first kappa shape index (κ1) is 8.18. The molecule has 9 heavy (non-hydrogen) atoms. The van der Waals surface area contributed by atoms with Gasteiger partial charge in [0.25, 0.3) is 0 Å². The molecule has 4 heteroatoms. The number of nitriles is 1. The Bertz CT molecular complexity index is 138. The van der Waals surface area contributed by atoms with Gasteiger partial charge < -0.3 is 10.6 Å². The first-order valence-corrected chi connectivity index (χ1v) is 2.97. The molecule has 0 saturated carbocycles. The molecule has 0 aromatic rings. The van der Waals surface area contributed by atoms with Crippen molar-refractivity contribution >= 4 is 17.3 Å². The third kappa shape index (κ3) is 3.74. The predicted octanol–water partition coefficient (Wildman–Crippen LogP) is 0.0755. The Hall–Kier alpha value is -0.820. The molecule has 0 aromatic carbocycles. The Balaban J connectivity index is 3.41. The standard InChI is InChI=1S/C5H9N3S/c1-8(5(7)9)4-2-3-6/h2,4H2,1H3,(H2,7,9). The summed E-state index contributed by atoms with van der Waals surface area (Å²) in [5.74, 6) is 0. The lowest BCUT2D eigenvalue weighted by Crippen LogP contribution is -2.32. The van der Waals surface area contributed by atoms with Gasteiger partial charge in [0.15, 0.2) is 5.11 Å². The molecule has 0 aromatic heterocycles. The molecule has 3 nitrogen and oxygen atoms in total. The van der Waals surface area contributed by atoms with Crippen LogP contribution in [-0.2, 0) is 0 Å². The van der Waals surface area contributed by atoms with E-state index < -0.39 is 0 Å². The molecule has 0 atom stereocenters. The number of nitrogens with two attached hydrogens (primary N) is 1. The fraction of sp³-hybridized carbons (Fsp3) is 0.600. The summed E-state index contributed by atoms with van der Waals surface area (Å²) in [6.07, 6.45) is 0.466. The van der Waals surface area contributed by atoms with Crippen LogP contribution in [0.5, 0.6) is 0 Å². The normalized spacial score (nSPS) is 8.00. The number of hydrogen-bond acceptors (Lipinski definition) is 2. The zero-order valence-electron chi connectivity index (χ0n) is 5.29. The molecular weight excluding hydrogens is 134 g/mol. The van der Waals surface area contributed by atoms with Gasteiger partial charge in [-0.05, 0) is 12.2 Å². The highest BCUT2D eigenvalue weighted by Crippen LogP contribution is 1.83. The van der Waals surface area contributed by atoms with Gasteiger partial charge in [0.05, 0.1) is 12.5 Å². The molecular formula is C5H9N3S. The summed E-state index contributed by atoms with van der Waals surface area (Å²) < 4.78 is 0. The summed E-state index contributed by atoms with van der Waals surface area (Å²) in [5, 5.41) is 8.47. The molecule has 50 valence electrons. The van der Waals surface area contributed by atoms with E-state index in [9.17, 15) is 0 Å². The van der Waals surface area contributed by atoms with E-state index in [1.807, 2.05) is 6.07 Å². The minimum Gasteiger partial charge on any atom is -0.376 e. The van der Waals surface area contributed by atoms with E-state index in [0.717, 1.165) is 0 Å². The maximum atomic E-state index is 8.14. The first-order chi connectivity index (χ1) is 4.18. The lowest BCUT2D eigenvalue weighted by molar-refractivity contribution is 0.519. The lowest BCUT2D eigenvalue weighted by Gasteiger charge is -2.13. The van der Waals surface area contributed by atoms with Gasteiger partial charge in [-0.15, -0.1) is 0 Å². The summed E-state index contributed by atoms with van der Waals surface area (Å²) in [6, 6.07) is 2.00. The number of hydrogen-bond donors (Lipinski definition) is 1. The SMILES string of the molecule is CN(CCC#N)C(N)=S. The Morgan fingerprint density at radius 3 is 2.78 bits per heavy atom. The van der Waals surface area contributed by atoms with Gasteiger partial charge in [-0.1, -0.05) is 0 Å². The predicted molar refractivity (Wildman–Crippen MR) is 39.6 cm³/mol. The summed E-state index contributed by atoms with van der Waals surface area (Å²) >= 11 is 4.63. The van der Waals surface area contributed by atoms with Crippen molar-refractivity contribution in [1.29, 1.82) is 5.26 Å². The molecule has 0 spiro atoms. The third-order valence-corrected chi connectivity index (χ3v) is 1.25. The average molecular weight is 143 g/mol. The topological polar surface area (TPSA) is 53.0 Å². The van der Waals surface area contributed by atoms with Gasteiger partial charge in [0.1, 0.15) is 0 Å². The van der Waals surface area contributed by atoms with Crippen molar-refractivity contribution in [3.63, 3.8) is 0 Å². The zero-order chi connectivity index (χ0) is 7.28. The molecule has 0 aliphatic rings. The molecule has 0 heterocycles. The zero-order valence-corrected chi connectivity index (χ0v) is 6.11. The van der Waals surface area contributed by atoms with Crippen LogP contribution in [-0.4, -0.2) is 23.6 Å². The van der Waals surface area contributed by atoms with Crippen molar-refractivity contribution in [3.05, 3.63) is 0 Å². The molecule has 0 bridgehead atoms. The molecule has 0 rings (SSSR count). The van der Waals surface area contributed by atoms with Crippen LogP contribution in [0.25, 0.3) is 0 Å². The van der Waals surface area contributed by atoms with Crippen LogP contribution in [0.1, 0.15) is 6.42 Å². The monoisotopic (exact) mass is 143 g/mol. The maximum Gasteiger partial charge on any atom is 0.166 e. The fourth-order valence-corrected chi connectivity index (χ4v) is 0.419. The summed E-state index contributed by atoms with van der Waals surface area (Å²) in [4.78, 5) is 1.67. The van der Waals surface area contributed by atoms with Crippen molar-refractivity contribution < 1.29 is 0 Å². The van der Waals surface area contributed by atoms with Crippen molar-refractivity contribution in [3.8, 4) is 6.07 Å². The third-order valence-electron chi connectivity index (χ3n) is 0.935. The van der Waals surface area contributed by atoms with Crippen LogP contribution < -0.4 is 5.73 Å². The molecule has 0 aliphatic heterocycles. The summed E-state index contributed by atoms with van der Waals surface area (Å²) in [6.45, 7) is 0.617. The minimum absolute atomic E-state index is 0.338. The molecule has 0 aliphatic carbocycles. The van der Waals surface area contributed by atoms with E-state index in [1.54, 1.807) is 11.9 Å². The molecule has 0 fully saturated rings. The largest absolute Gasteiger partial charge is 0.376 e. The minimum atomic E-state index is 0.338. The quantitative estimate of drug-likeness (QED) is 0.556. The summed E-state index contributed by atoms with van der Waals surface area (Å²) in [5.41, 5.74) is 5.22. The van der Waals surface area contributed by atoms with Gasteiger partial charge >= 0.3 is 0 Å². The maximum absolute atomic E-state index is 8.14. The number of nitrogens with zero attached hydrogens (tertiary/aromatic N) is 2. The van der Waals surface area contributed by atoms with Crippen LogP contribution in [0, 0.1) is 11.3 Å². The van der Waals surface area contributed by atoms with E-state index in [4.69, 9.17) is 11.0 Å². The number of rotatable bonds is 2. The molecule has 0 radical (unpaired) electrons. The Kier molecular flexibility index (Phi) is 3.72. The van der Waals surface area contributed by atoms with E-state index >= 15 is 0 Å². The van der Waals surface area contributed by atoms with Gasteiger partial charge in [-0.2, -0.15) is 5.26 Å². The van der Waals surface area contributed by atoms with E-state index in [1.165, 1.54) is 0 Å². The van der Waals surface area contributed by atoms with Crippen molar-refractivity contribution in [2.45, 2.75) is 6.42 Å². The lowest BCUT2D eigenvalue weighted by atomic mass is 10.4. The highest BCUT2D eigenvalue weighted by atomic mass is 32.1. The molecule has 0 amide bonds. The molecule has 0 saturated heterocycles. The van der Waals surface area contributed by atoms with Crippen LogP contribution in [0.15, 0.2) is 0 Å². The second-order valence-corrected chi connectivity index (χ2v) is 2.09. The smallest absolute Gasteiger partial charge is 0.166 e. The fourth-order valence-electron chi connectivity index (χ4n) is 0.328. The van der Waals surface area contributed by atoms with E-state index in [0.29, 0.717) is 18.1 Å². The highest BCUT2D eigenvalue weighted by molar-refractivity contribution is 7.80.